The van der Waals surface area contributed by atoms with Crippen LogP contribution < -0.4 is 26.5 Å². The van der Waals surface area contributed by atoms with Crippen LogP contribution in [0.1, 0.15) is 30.6 Å². The van der Waals surface area contributed by atoms with Crippen molar-refractivity contribution in [1.82, 2.24) is 9.13 Å². The number of hydrogen-bond donors (Lipinski definition) is 1. The van der Waals surface area contributed by atoms with E-state index in [0.717, 1.165) is 9.13 Å². The van der Waals surface area contributed by atoms with E-state index in [2.05, 4.69) is 0 Å². The number of carbonyl (C=O) groups is 2. The number of ether oxygens (including phenoxy) is 3. The second-order valence-electron chi connectivity index (χ2n) is 6.34. The van der Waals surface area contributed by atoms with Gasteiger partial charge in [0.1, 0.15) is 22.9 Å². The molecule has 0 aliphatic carbocycles. The van der Waals surface area contributed by atoms with Crippen LogP contribution >= 0.6 is 0 Å². The van der Waals surface area contributed by atoms with E-state index < -0.39 is 36.2 Å². The third kappa shape index (κ3) is 5.28. The van der Waals surface area contributed by atoms with Crippen LogP contribution in [0.3, 0.4) is 0 Å². The molecule has 0 atom stereocenters. The molecule has 0 saturated carbocycles. The number of hydrogen-bond acceptors (Lipinski definition) is 8. The molecule has 0 aliphatic rings. The molecule has 1 aromatic heterocycles. The van der Waals surface area contributed by atoms with Crippen LogP contribution in [0.2, 0.25) is 0 Å². The summed E-state index contributed by atoms with van der Waals surface area (Å²) in [5.41, 5.74) is 4.03. The highest BCUT2D eigenvalue weighted by molar-refractivity contribution is 6.01. The van der Waals surface area contributed by atoms with Crippen LogP contribution in [-0.4, -0.2) is 40.7 Å². The van der Waals surface area contributed by atoms with E-state index in [1.807, 2.05) is 13.8 Å². The van der Waals surface area contributed by atoms with Gasteiger partial charge in [0.2, 0.25) is 5.78 Å². The van der Waals surface area contributed by atoms with Crippen molar-refractivity contribution in [2.45, 2.75) is 26.8 Å². The van der Waals surface area contributed by atoms with Gasteiger partial charge in [0.15, 0.2) is 13.2 Å². The number of nitrogen functional groups attached to an aromatic ring is 1. The van der Waals surface area contributed by atoms with Crippen molar-refractivity contribution < 1.29 is 23.8 Å². The van der Waals surface area contributed by atoms with Crippen molar-refractivity contribution in [3.8, 4) is 11.5 Å². The molecule has 0 amide bonds. The summed E-state index contributed by atoms with van der Waals surface area (Å²) in [4.78, 5) is 48.8. The monoisotopic (exact) mass is 419 g/mol. The first kappa shape index (κ1) is 22.7. The zero-order chi connectivity index (χ0) is 22.3. The van der Waals surface area contributed by atoms with Crippen molar-refractivity contribution in [3.63, 3.8) is 0 Å². The molecule has 0 aliphatic heterocycles. The lowest BCUT2D eigenvalue weighted by Crippen LogP contribution is -2.43. The largest absolute Gasteiger partial charge is 0.494 e. The number of esters is 1. The summed E-state index contributed by atoms with van der Waals surface area (Å²) >= 11 is 0. The van der Waals surface area contributed by atoms with Crippen LogP contribution in [0.15, 0.2) is 33.9 Å². The van der Waals surface area contributed by atoms with E-state index >= 15 is 0 Å². The highest BCUT2D eigenvalue weighted by Gasteiger charge is 2.22. The first-order chi connectivity index (χ1) is 14.3. The zero-order valence-electron chi connectivity index (χ0n) is 17.2. The highest BCUT2D eigenvalue weighted by Crippen LogP contribution is 2.17. The normalized spacial score (nSPS) is 10.5. The predicted octanol–water partition coefficient (Wildman–Crippen LogP) is 0.743. The number of aromatic nitrogens is 2. The lowest BCUT2D eigenvalue weighted by atomic mass is 10.2. The van der Waals surface area contributed by atoms with Gasteiger partial charge in [-0.3, -0.25) is 18.7 Å². The first-order valence-corrected chi connectivity index (χ1v) is 9.43. The van der Waals surface area contributed by atoms with Gasteiger partial charge >= 0.3 is 11.7 Å². The van der Waals surface area contributed by atoms with Crippen LogP contribution in [0.5, 0.6) is 11.5 Å². The van der Waals surface area contributed by atoms with Gasteiger partial charge in [-0.25, -0.2) is 9.59 Å². The molecule has 10 nitrogen and oxygen atoms in total. The van der Waals surface area contributed by atoms with Crippen molar-refractivity contribution in [3.05, 3.63) is 50.7 Å². The number of ketones is 1. The Morgan fingerprint density at radius 1 is 1.00 bits per heavy atom. The number of rotatable bonds is 10. The fourth-order valence-corrected chi connectivity index (χ4v) is 2.69. The lowest BCUT2D eigenvalue weighted by Gasteiger charge is -2.14. The Balaban J connectivity index is 2.00. The molecule has 10 heteroatoms. The molecule has 162 valence electrons. The number of benzene rings is 1. The van der Waals surface area contributed by atoms with Crippen LogP contribution in [0.25, 0.3) is 0 Å². The van der Waals surface area contributed by atoms with E-state index in [0.29, 0.717) is 24.5 Å². The minimum atomic E-state index is -0.837. The average Bonchev–Trinajstić information content (AvgIpc) is 2.73. The molecule has 0 saturated heterocycles. The quantitative estimate of drug-likeness (QED) is 0.441. The maximum Gasteiger partial charge on any atom is 0.344 e. The summed E-state index contributed by atoms with van der Waals surface area (Å²) in [7, 11) is 1.25. The Hall–Kier alpha value is -3.56. The van der Waals surface area contributed by atoms with Gasteiger partial charge in [-0.15, -0.1) is 0 Å². The maximum atomic E-state index is 12.4. The fourth-order valence-electron chi connectivity index (χ4n) is 2.69. The Morgan fingerprint density at radius 2 is 1.60 bits per heavy atom. The van der Waals surface area contributed by atoms with Crippen molar-refractivity contribution in [1.29, 1.82) is 0 Å². The fraction of sp³-hybridized carbons (Fsp3) is 0.400. The second kappa shape index (κ2) is 10.3. The Bertz CT molecular complexity index is 1020. The van der Waals surface area contributed by atoms with Crippen LogP contribution in [-0.2, 0) is 23.1 Å². The summed E-state index contributed by atoms with van der Waals surface area (Å²) in [6.07, 6.45) is 0.577. The maximum absolute atomic E-state index is 12.4. The Morgan fingerprint density at radius 3 is 2.17 bits per heavy atom. The topological polar surface area (TPSA) is 132 Å². The molecule has 2 rings (SSSR count). The van der Waals surface area contributed by atoms with Gasteiger partial charge in [0.25, 0.3) is 5.56 Å². The molecule has 0 unspecified atom stereocenters. The Kier molecular flexibility index (Phi) is 7.79. The average molecular weight is 419 g/mol. The number of anilines is 1. The SMILES string of the molecule is CCCn1c(N)c(C(=O)COC(=O)COc2ccc(OCC)cc2)c(=O)n(C)c1=O. The van der Waals surface area contributed by atoms with Crippen LogP contribution in [0.4, 0.5) is 5.82 Å². The molecule has 2 N–H and O–H groups in total. The standard InChI is InChI=1S/C20H25N3O7/c1-4-10-23-18(21)17(19(26)22(3)20(23)27)15(24)11-30-16(25)12-29-14-8-6-13(7-9-14)28-5-2/h6-9H,4-5,10-12,21H2,1-3H3. The third-order valence-corrected chi connectivity index (χ3v) is 4.16. The van der Waals surface area contributed by atoms with Gasteiger partial charge < -0.3 is 19.9 Å². The molecule has 1 aromatic carbocycles. The molecular weight excluding hydrogens is 394 g/mol. The molecule has 0 fully saturated rings. The van der Waals surface area contributed by atoms with Gasteiger partial charge in [-0.1, -0.05) is 6.92 Å². The van der Waals surface area contributed by atoms with Crippen molar-refractivity contribution >= 4 is 17.6 Å². The van der Waals surface area contributed by atoms with E-state index in [9.17, 15) is 19.2 Å². The van der Waals surface area contributed by atoms with E-state index in [1.165, 1.54) is 7.05 Å². The summed E-state index contributed by atoms with van der Waals surface area (Å²) in [6.45, 7) is 3.34. The van der Waals surface area contributed by atoms with Crippen LogP contribution in [0, 0.1) is 0 Å². The molecule has 30 heavy (non-hydrogen) atoms. The summed E-state index contributed by atoms with van der Waals surface area (Å²) in [6, 6.07) is 6.64. The van der Waals surface area contributed by atoms with Gasteiger partial charge in [0.05, 0.1) is 6.61 Å². The number of nitrogens with two attached hydrogens (primary N) is 1. The highest BCUT2D eigenvalue weighted by atomic mass is 16.6. The number of carbonyl (C=O) groups excluding carboxylic acids is 2. The Labute approximate surface area is 172 Å². The minimum Gasteiger partial charge on any atom is -0.494 e. The van der Waals surface area contributed by atoms with Gasteiger partial charge in [-0.2, -0.15) is 0 Å². The minimum absolute atomic E-state index is 0.239. The third-order valence-electron chi connectivity index (χ3n) is 4.16. The molecule has 2 aromatic rings. The molecular formula is C20H25N3O7. The zero-order valence-corrected chi connectivity index (χ0v) is 17.2. The van der Waals surface area contributed by atoms with E-state index in [1.54, 1.807) is 24.3 Å². The summed E-state index contributed by atoms with van der Waals surface area (Å²) < 4.78 is 17.4. The first-order valence-electron chi connectivity index (χ1n) is 9.43. The van der Waals surface area contributed by atoms with Crippen molar-refractivity contribution in [2.75, 3.05) is 25.6 Å². The molecule has 0 spiro atoms. The molecule has 1 heterocycles. The number of Topliss-reactive ketones (excluding diaryl/α,β-unsaturated/α-hetero) is 1. The molecule has 0 bridgehead atoms. The van der Waals surface area contributed by atoms with Gasteiger partial charge in [-0.05, 0) is 37.6 Å². The lowest BCUT2D eigenvalue weighted by molar-refractivity contribution is -0.144. The van der Waals surface area contributed by atoms with E-state index in [4.69, 9.17) is 19.9 Å². The van der Waals surface area contributed by atoms with Crippen molar-refractivity contribution in [2.24, 2.45) is 7.05 Å². The van der Waals surface area contributed by atoms with E-state index in [-0.39, 0.29) is 17.9 Å². The molecule has 0 radical (unpaired) electrons. The summed E-state index contributed by atoms with van der Waals surface area (Å²) in [5, 5.41) is 0. The van der Waals surface area contributed by atoms with Gasteiger partial charge in [0, 0.05) is 13.6 Å². The smallest absolute Gasteiger partial charge is 0.344 e. The number of nitrogens with zero attached hydrogens (tertiary/aromatic N) is 2. The second-order valence-corrected chi connectivity index (χ2v) is 6.34. The predicted molar refractivity (Wildman–Crippen MR) is 109 cm³/mol. The summed E-state index contributed by atoms with van der Waals surface area (Å²) in [5.74, 6) is -0.744.